The van der Waals surface area contributed by atoms with Gasteiger partial charge in [-0.05, 0) is 44.0 Å². The van der Waals surface area contributed by atoms with E-state index in [1.54, 1.807) is 6.07 Å². The quantitative estimate of drug-likeness (QED) is 0.886. The van der Waals surface area contributed by atoms with E-state index in [1.165, 1.54) is 6.92 Å². The molecule has 1 amide bonds. The molecule has 0 radical (unpaired) electrons. The molecule has 0 bridgehead atoms. The minimum absolute atomic E-state index is 0.685. The van der Waals surface area contributed by atoms with Gasteiger partial charge in [-0.1, -0.05) is 6.07 Å². The molecule has 19 heavy (non-hydrogen) atoms. The van der Waals surface area contributed by atoms with Gasteiger partial charge >= 0.3 is 6.18 Å². The maximum atomic E-state index is 12.0. The van der Waals surface area contributed by atoms with E-state index in [9.17, 15) is 18.0 Å². The minimum atomic E-state index is -4.39. The summed E-state index contributed by atoms with van der Waals surface area (Å²) in [5.74, 6) is -0.685. The Balaban J connectivity index is 2.56. The summed E-state index contributed by atoms with van der Waals surface area (Å²) in [6.45, 7) is 4.08. The van der Waals surface area contributed by atoms with Gasteiger partial charge in [0.25, 0.3) is 0 Å². The maximum absolute atomic E-state index is 12.0. The van der Waals surface area contributed by atoms with E-state index in [0.717, 1.165) is 11.1 Å². The zero-order valence-electron chi connectivity index (χ0n) is 11.1. The van der Waals surface area contributed by atoms with E-state index in [1.807, 2.05) is 31.3 Å². The first-order valence-corrected chi connectivity index (χ1v) is 5.87. The molecule has 1 rings (SSSR count). The van der Waals surface area contributed by atoms with Crippen LogP contribution in [0.1, 0.15) is 18.1 Å². The lowest BCUT2D eigenvalue weighted by molar-refractivity contribution is -0.138. The number of hydrogen-bond donors (Lipinski definition) is 2. The lowest BCUT2D eigenvalue weighted by atomic mass is 10.1. The predicted molar refractivity (Wildman–Crippen MR) is 68.1 cm³/mol. The number of benzene rings is 1. The van der Waals surface area contributed by atoms with Crippen molar-refractivity contribution in [2.24, 2.45) is 0 Å². The molecule has 1 unspecified atom stereocenters. The summed E-state index contributed by atoms with van der Waals surface area (Å²) in [7, 11) is 0. The molecule has 106 valence electrons. The van der Waals surface area contributed by atoms with Gasteiger partial charge in [-0.3, -0.25) is 4.79 Å². The smallest absolute Gasteiger partial charge is 0.374 e. The molecule has 0 saturated heterocycles. The van der Waals surface area contributed by atoms with Crippen molar-refractivity contribution in [2.75, 3.05) is 11.9 Å². The molecule has 0 aliphatic rings. The van der Waals surface area contributed by atoms with Crippen LogP contribution in [0.4, 0.5) is 18.9 Å². The highest BCUT2D eigenvalue weighted by molar-refractivity contribution is 5.84. The first-order chi connectivity index (χ1) is 8.69. The SMILES string of the molecule is Cc1ccc(NC(C)C(=O)NCC(F)(F)F)cc1C. The topological polar surface area (TPSA) is 41.1 Å². The summed E-state index contributed by atoms with van der Waals surface area (Å²) in [6, 6.07) is 4.79. The van der Waals surface area contributed by atoms with Gasteiger partial charge in [-0.25, -0.2) is 0 Å². The van der Waals surface area contributed by atoms with Crippen LogP contribution < -0.4 is 10.6 Å². The Morgan fingerprint density at radius 1 is 1.26 bits per heavy atom. The molecule has 0 saturated carbocycles. The Morgan fingerprint density at radius 2 is 1.89 bits per heavy atom. The molecule has 0 spiro atoms. The summed E-state index contributed by atoms with van der Waals surface area (Å²) in [5.41, 5.74) is 2.87. The lowest BCUT2D eigenvalue weighted by Gasteiger charge is -2.16. The monoisotopic (exact) mass is 274 g/mol. The number of anilines is 1. The predicted octanol–water partition coefficient (Wildman–Crippen LogP) is 2.78. The fourth-order valence-electron chi connectivity index (χ4n) is 1.49. The van der Waals surface area contributed by atoms with Crippen molar-refractivity contribution < 1.29 is 18.0 Å². The molecule has 1 aromatic carbocycles. The normalized spacial score (nSPS) is 12.9. The van der Waals surface area contributed by atoms with Crippen LogP contribution in [-0.2, 0) is 4.79 Å². The molecule has 0 aliphatic heterocycles. The van der Waals surface area contributed by atoms with E-state index in [-0.39, 0.29) is 0 Å². The standard InChI is InChI=1S/C13H17F3N2O/c1-8-4-5-11(6-9(8)2)18-10(3)12(19)17-7-13(14,15)16/h4-6,10,18H,7H2,1-3H3,(H,17,19). The number of aryl methyl sites for hydroxylation is 2. The fourth-order valence-corrected chi connectivity index (χ4v) is 1.49. The molecular weight excluding hydrogens is 257 g/mol. The van der Waals surface area contributed by atoms with Crippen LogP contribution in [0.25, 0.3) is 0 Å². The molecule has 0 heterocycles. The fraction of sp³-hybridized carbons (Fsp3) is 0.462. The maximum Gasteiger partial charge on any atom is 0.405 e. The van der Waals surface area contributed by atoms with Crippen LogP contribution in [0, 0.1) is 13.8 Å². The number of amides is 1. The second kappa shape index (κ2) is 5.95. The van der Waals surface area contributed by atoms with Gasteiger partial charge in [-0.2, -0.15) is 13.2 Å². The summed E-state index contributed by atoms with van der Waals surface area (Å²) in [5, 5.41) is 4.71. The van der Waals surface area contributed by atoms with Crippen molar-refractivity contribution in [3.63, 3.8) is 0 Å². The number of halogens is 3. The summed E-state index contributed by atoms with van der Waals surface area (Å²) in [4.78, 5) is 11.5. The summed E-state index contributed by atoms with van der Waals surface area (Å²) < 4.78 is 35.9. The van der Waals surface area contributed by atoms with Crippen LogP contribution in [0.2, 0.25) is 0 Å². The zero-order chi connectivity index (χ0) is 14.6. The number of carbonyl (C=O) groups is 1. The number of nitrogens with one attached hydrogen (secondary N) is 2. The zero-order valence-corrected chi connectivity index (χ0v) is 11.1. The van der Waals surface area contributed by atoms with Gasteiger partial charge in [0.05, 0.1) is 0 Å². The first kappa shape index (κ1) is 15.3. The number of rotatable bonds is 4. The second-order valence-corrected chi connectivity index (χ2v) is 4.50. The van der Waals surface area contributed by atoms with Crippen LogP contribution in [-0.4, -0.2) is 24.7 Å². The van der Waals surface area contributed by atoms with Crippen LogP contribution in [0.3, 0.4) is 0 Å². The van der Waals surface area contributed by atoms with E-state index >= 15 is 0 Å². The lowest BCUT2D eigenvalue weighted by Crippen LogP contribution is -2.42. The molecule has 3 nitrogen and oxygen atoms in total. The van der Waals surface area contributed by atoms with Gasteiger partial charge in [0, 0.05) is 5.69 Å². The molecule has 0 aromatic heterocycles. The molecule has 6 heteroatoms. The van der Waals surface area contributed by atoms with Gasteiger partial charge in [0.1, 0.15) is 12.6 Å². The second-order valence-electron chi connectivity index (χ2n) is 4.50. The Bertz CT molecular complexity index is 458. The van der Waals surface area contributed by atoms with E-state index in [4.69, 9.17) is 0 Å². The third-order valence-corrected chi connectivity index (χ3v) is 2.75. The van der Waals surface area contributed by atoms with Crippen LogP contribution >= 0.6 is 0 Å². The van der Waals surface area contributed by atoms with Crippen molar-refractivity contribution in [1.82, 2.24) is 5.32 Å². The third-order valence-electron chi connectivity index (χ3n) is 2.75. The highest BCUT2D eigenvalue weighted by Crippen LogP contribution is 2.15. The summed E-state index contributed by atoms with van der Waals surface area (Å²) >= 11 is 0. The average Bonchev–Trinajstić information content (AvgIpc) is 2.29. The minimum Gasteiger partial charge on any atom is -0.374 e. The van der Waals surface area contributed by atoms with E-state index in [2.05, 4.69) is 5.32 Å². The molecule has 1 atom stereocenters. The van der Waals surface area contributed by atoms with Crippen LogP contribution in [0.15, 0.2) is 18.2 Å². The van der Waals surface area contributed by atoms with Gasteiger partial charge in [0.15, 0.2) is 0 Å². The van der Waals surface area contributed by atoms with Crippen molar-refractivity contribution in [1.29, 1.82) is 0 Å². The van der Waals surface area contributed by atoms with E-state index in [0.29, 0.717) is 5.69 Å². The van der Waals surface area contributed by atoms with Gasteiger partial charge in [-0.15, -0.1) is 0 Å². The Hall–Kier alpha value is -1.72. The first-order valence-electron chi connectivity index (χ1n) is 5.87. The number of carbonyl (C=O) groups excluding carboxylic acids is 1. The highest BCUT2D eigenvalue weighted by atomic mass is 19.4. The van der Waals surface area contributed by atoms with Crippen molar-refractivity contribution >= 4 is 11.6 Å². The molecular formula is C13H17F3N2O. The average molecular weight is 274 g/mol. The Morgan fingerprint density at radius 3 is 2.42 bits per heavy atom. The van der Waals surface area contributed by atoms with E-state index < -0.39 is 24.7 Å². The van der Waals surface area contributed by atoms with Crippen LogP contribution in [0.5, 0.6) is 0 Å². The van der Waals surface area contributed by atoms with Gasteiger partial charge < -0.3 is 10.6 Å². The molecule has 1 aromatic rings. The highest BCUT2D eigenvalue weighted by Gasteiger charge is 2.28. The van der Waals surface area contributed by atoms with Crippen molar-refractivity contribution in [3.05, 3.63) is 29.3 Å². The molecule has 2 N–H and O–H groups in total. The van der Waals surface area contributed by atoms with Crippen molar-refractivity contribution in [2.45, 2.75) is 33.0 Å². The Labute approximate surface area is 110 Å². The molecule has 0 aliphatic carbocycles. The number of hydrogen-bond acceptors (Lipinski definition) is 2. The third kappa shape index (κ3) is 5.19. The number of alkyl halides is 3. The summed E-state index contributed by atoms with van der Waals surface area (Å²) in [6.07, 6.45) is -4.39. The van der Waals surface area contributed by atoms with Crippen molar-refractivity contribution in [3.8, 4) is 0 Å². The Kier molecular flexibility index (Phi) is 4.80. The van der Waals surface area contributed by atoms with Gasteiger partial charge in [0.2, 0.25) is 5.91 Å². The largest absolute Gasteiger partial charge is 0.405 e. The molecule has 0 fully saturated rings.